The topological polar surface area (TPSA) is 129 Å². The highest BCUT2D eigenvalue weighted by molar-refractivity contribution is 7.92. The minimum atomic E-state index is -3.87. The molecule has 0 aliphatic rings. The molecule has 0 spiro atoms. The lowest BCUT2D eigenvalue weighted by atomic mass is 10.6. The Morgan fingerprint density at radius 3 is 2.78 bits per heavy atom. The Labute approximate surface area is 103 Å². The molecule has 0 atom stereocenters. The Morgan fingerprint density at radius 1 is 1.56 bits per heavy atom. The molecular weight excluding hydrogens is 260 g/mol. The molecule has 0 aliphatic heterocycles. The van der Waals surface area contributed by atoms with Crippen LogP contribution in [0.2, 0.25) is 0 Å². The second kappa shape index (κ2) is 4.29. The van der Waals surface area contributed by atoms with Crippen molar-refractivity contribution in [3.8, 4) is 0 Å². The van der Waals surface area contributed by atoms with Crippen LogP contribution in [0, 0.1) is 6.92 Å². The summed E-state index contributed by atoms with van der Waals surface area (Å²) in [4.78, 5) is 3.62. The second-order valence-electron chi connectivity index (χ2n) is 3.49. The van der Waals surface area contributed by atoms with Crippen molar-refractivity contribution in [3.05, 3.63) is 12.0 Å². The highest BCUT2D eigenvalue weighted by Gasteiger charge is 2.23. The molecule has 0 fully saturated rings. The molecule has 9 nitrogen and oxygen atoms in total. The van der Waals surface area contributed by atoms with E-state index in [0.29, 0.717) is 12.4 Å². The van der Waals surface area contributed by atoms with Crippen LogP contribution in [0.4, 0.5) is 11.8 Å². The molecule has 2 aromatic heterocycles. The van der Waals surface area contributed by atoms with Gasteiger partial charge in [-0.05, 0) is 13.8 Å². The molecule has 3 N–H and O–H groups in total. The molecule has 0 radical (unpaired) electrons. The molecule has 0 aromatic carbocycles. The van der Waals surface area contributed by atoms with Gasteiger partial charge in [0, 0.05) is 12.7 Å². The van der Waals surface area contributed by atoms with E-state index < -0.39 is 10.0 Å². The number of nitrogens with two attached hydrogens (primary N) is 1. The van der Waals surface area contributed by atoms with Gasteiger partial charge in [0.1, 0.15) is 4.90 Å². The van der Waals surface area contributed by atoms with Crippen molar-refractivity contribution in [1.29, 1.82) is 0 Å². The maximum atomic E-state index is 12.0. The van der Waals surface area contributed by atoms with E-state index in [0.717, 1.165) is 0 Å². The van der Waals surface area contributed by atoms with Crippen LogP contribution in [0.5, 0.6) is 0 Å². The first-order valence-electron chi connectivity index (χ1n) is 5.08. The van der Waals surface area contributed by atoms with E-state index in [-0.39, 0.29) is 16.7 Å². The summed E-state index contributed by atoms with van der Waals surface area (Å²) < 4.78 is 32.2. The van der Waals surface area contributed by atoms with E-state index in [4.69, 9.17) is 5.73 Å². The standard InChI is InChI=1S/C8H12N6O3S/c1-3-14-4-6(7(9)11-14)18(15,16)13-8-10-5(2)12-17-8/h4H,3H2,1-2H3,(H2,9,11)(H,10,12,13). The van der Waals surface area contributed by atoms with Crippen LogP contribution in [-0.2, 0) is 16.6 Å². The summed E-state index contributed by atoms with van der Waals surface area (Å²) in [7, 11) is -3.87. The number of aromatic nitrogens is 4. The molecule has 18 heavy (non-hydrogen) atoms. The number of hydrogen-bond acceptors (Lipinski definition) is 7. The van der Waals surface area contributed by atoms with Crippen molar-refractivity contribution >= 4 is 21.9 Å². The summed E-state index contributed by atoms with van der Waals surface area (Å²) in [6, 6.07) is -0.212. The van der Waals surface area contributed by atoms with E-state index >= 15 is 0 Å². The first-order valence-corrected chi connectivity index (χ1v) is 6.56. The number of rotatable bonds is 4. The minimum absolute atomic E-state index is 0.0828. The Morgan fingerprint density at radius 2 is 2.28 bits per heavy atom. The maximum Gasteiger partial charge on any atom is 0.335 e. The van der Waals surface area contributed by atoms with Gasteiger partial charge in [-0.3, -0.25) is 4.68 Å². The van der Waals surface area contributed by atoms with Crippen LogP contribution in [0.15, 0.2) is 15.6 Å². The van der Waals surface area contributed by atoms with Crippen LogP contribution >= 0.6 is 0 Å². The van der Waals surface area contributed by atoms with Crippen LogP contribution in [0.1, 0.15) is 12.7 Å². The molecule has 10 heteroatoms. The van der Waals surface area contributed by atoms with E-state index in [1.807, 2.05) is 6.92 Å². The van der Waals surface area contributed by atoms with E-state index in [9.17, 15) is 8.42 Å². The molecule has 0 amide bonds. The van der Waals surface area contributed by atoms with Crippen molar-refractivity contribution in [2.75, 3.05) is 10.5 Å². The van der Waals surface area contributed by atoms with Gasteiger partial charge >= 0.3 is 6.01 Å². The number of sulfonamides is 1. The number of aryl methyl sites for hydroxylation is 2. The third-order valence-corrected chi connectivity index (χ3v) is 3.45. The molecule has 2 rings (SSSR count). The van der Waals surface area contributed by atoms with Gasteiger partial charge in [0.15, 0.2) is 11.6 Å². The van der Waals surface area contributed by atoms with E-state index in [1.54, 1.807) is 6.92 Å². The van der Waals surface area contributed by atoms with Gasteiger partial charge in [0.25, 0.3) is 10.0 Å². The van der Waals surface area contributed by atoms with Gasteiger partial charge in [-0.2, -0.15) is 10.1 Å². The lowest BCUT2D eigenvalue weighted by Crippen LogP contribution is -2.14. The largest absolute Gasteiger partial charge is 0.381 e. The van der Waals surface area contributed by atoms with Crippen LogP contribution in [0.3, 0.4) is 0 Å². The third-order valence-electron chi connectivity index (χ3n) is 2.12. The summed E-state index contributed by atoms with van der Waals surface area (Å²) in [6.45, 7) is 3.90. The first kappa shape index (κ1) is 12.4. The average molecular weight is 272 g/mol. The molecule has 0 aliphatic carbocycles. The first-order chi connectivity index (χ1) is 8.42. The predicted molar refractivity (Wildman–Crippen MR) is 62.2 cm³/mol. The lowest BCUT2D eigenvalue weighted by molar-refractivity contribution is 0.429. The Balaban J connectivity index is 2.33. The number of hydrogen-bond donors (Lipinski definition) is 2. The zero-order chi connectivity index (χ0) is 13.3. The monoisotopic (exact) mass is 272 g/mol. The van der Waals surface area contributed by atoms with Crippen molar-refractivity contribution in [2.45, 2.75) is 25.3 Å². The number of nitrogens with zero attached hydrogens (tertiary/aromatic N) is 4. The molecule has 2 aromatic rings. The minimum Gasteiger partial charge on any atom is -0.381 e. The zero-order valence-corrected chi connectivity index (χ0v) is 10.6. The van der Waals surface area contributed by atoms with Gasteiger partial charge in [-0.15, -0.1) is 0 Å². The number of nitrogen functional groups attached to an aromatic ring is 1. The van der Waals surface area contributed by atoms with E-state index in [1.165, 1.54) is 10.9 Å². The predicted octanol–water partition coefficient (Wildman–Crippen LogP) is -0.0226. The Hall–Kier alpha value is -2.10. The fourth-order valence-electron chi connectivity index (χ4n) is 1.30. The molecule has 0 bridgehead atoms. The molecule has 2 heterocycles. The van der Waals surface area contributed by atoms with Gasteiger partial charge in [0.05, 0.1) is 0 Å². The summed E-state index contributed by atoms with van der Waals surface area (Å²) in [5, 5.41) is 7.32. The fourth-order valence-corrected chi connectivity index (χ4v) is 2.29. The molecule has 0 saturated heterocycles. The van der Waals surface area contributed by atoms with E-state index in [2.05, 4.69) is 24.5 Å². The van der Waals surface area contributed by atoms with Gasteiger partial charge in [-0.1, -0.05) is 5.16 Å². The third kappa shape index (κ3) is 2.27. The second-order valence-corrected chi connectivity index (χ2v) is 5.14. The summed E-state index contributed by atoms with van der Waals surface area (Å²) >= 11 is 0. The lowest BCUT2D eigenvalue weighted by Gasteiger charge is -2.00. The van der Waals surface area contributed by atoms with Crippen molar-refractivity contribution < 1.29 is 12.9 Å². The average Bonchev–Trinajstić information content (AvgIpc) is 2.84. The Bertz CT molecular complexity index is 658. The summed E-state index contributed by atoms with van der Waals surface area (Å²) in [5.74, 6) is 0.241. The smallest absolute Gasteiger partial charge is 0.335 e. The fraction of sp³-hybridized carbons (Fsp3) is 0.375. The highest BCUT2D eigenvalue weighted by Crippen LogP contribution is 2.19. The van der Waals surface area contributed by atoms with Crippen molar-refractivity contribution in [1.82, 2.24) is 19.9 Å². The van der Waals surface area contributed by atoms with Crippen LogP contribution in [-0.4, -0.2) is 28.3 Å². The molecule has 0 saturated carbocycles. The van der Waals surface area contributed by atoms with Gasteiger partial charge in [-0.25, -0.2) is 13.1 Å². The maximum absolute atomic E-state index is 12.0. The SMILES string of the molecule is CCn1cc(S(=O)(=O)Nc2nc(C)no2)c(N)n1. The Kier molecular flexibility index (Phi) is 2.95. The summed E-state index contributed by atoms with van der Waals surface area (Å²) in [5.41, 5.74) is 5.54. The molecular formula is C8H12N6O3S. The van der Waals surface area contributed by atoms with Crippen molar-refractivity contribution in [3.63, 3.8) is 0 Å². The normalized spacial score (nSPS) is 11.7. The molecule has 98 valence electrons. The quantitative estimate of drug-likeness (QED) is 0.799. The molecule has 0 unspecified atom stereocenters. The van der Waals surface area contributed by atoms with Crippen LogP contribution < -0.4 is 10.5 Å². The van der Waals surface area contributed by atoms with Crippen LogP contribution in [0.25, 0.3) is 0 Å². The number of anilines is 2. The highest BCUT2D eigenvalue weighted by atomic mass is 32.2. The zero-order valence-electron chi connectivity index (χ0n) is 9.78. The van der Waals surface area contributed by atoms with Crippen molar-refractivity contribution in [2.24, 2.45) is 0 Å². The number of nitrogens with one attached hydrogen (secondary N) is 1. The van der Waals surface area contributed by atoms with Gasteiger partial charge < -0.3 is 10.3 Å². The van der Waals surface area contributed by atoms with Gasteiger partial charge in [0.2, 0.25) is 0 Å². The summed E-state index contributed by atoms with van der Waals surface area (Å²) in [6.07, 6.45) is 1.33.